The summed E-state index contributed by atoms with van der Waals surface area (Å²) in [6.45, 7) is 0.488. The summed E-state index contributed by atoms with van der Waals surface area (Å²) in [5, 5.41) is 174. The topological polar surface area (TPSA) is 521 Å². The van der Waals surface area contributed by atoms with Gasteiger partial charge < -0.3 is 150 Å². The van der Waals surface area contributed by atoms with Crippen LogP contribution in [-0.4, -0.2) is 324 Å². The maximum absolute atomic E-state index is 12.7. The molecule has 6 rings (SSSR count). The van der Waals surface area contributed by atoms with Gasteiger partial charge >= 0.3 is 0 Å². The van der Waals surface area contributed by atoms with E-state index in [0.717, 1.165) is 20.8 Å². The Morgan fingerprint density at radius 3 is 1.05 bits per heavy atom. The summed E-state index contributed by atoms with van der Waals surface area (Å²) in [6.07, 6.45) is -46.2. The van der Waals surface area contributed by atoms with Crippen molar-refractivity contribution in [2.75, 3.05) is 39.6 Å². The van der Waals surface area contributed by atoms with E-state index in [1.165, 1.54) is 13.8 Å². The van der Waals surface area contributed by atoms with Crippen LogP contribution in [0.3, 0.4) is 0 Å². The molecule has 0 aliphatic carbocycles. The Morgan fingerprint density at radius 2 is 0.646 bits per heavy atom. The van der Waals surface area contributed by atoms with Gasteiger partial charge in [0.05, 0.1) is 51.8 Å². The Morgan fingerprint density at radius 1 is 0.342 bits per heavy atom. The zero-order valence-corrected chi connectivity index (χ0v) is 43.4. The molecule has 0 bridgehead atoms. The highest BCUT2D eigenvalue weighted by Gasteiger charge is 2.58. The molecule has 0 saturated carbocycles. The average Bonchev–Trinajstić information content (AvgIpc) is 3.52. The lowest BCUT2D eigenvalue weighted by molar-refractivity contribution is -0.383. The number of rotatable bonds is 20. The van der Waals surface area contributed by atoms with Crippen LogP contribution < -0.4 is 21.3 Å². The third kappa shape index (κ3) is 14.8. The summed E-state index contributed by atoms with van der Waals surface area (Å²) in [6, 6.07) is -5.92. The van der Waals surface area contributed by atoms with E-state index in [-0.39, 0.29) is 0 Å². The number of aliphatic hydroxyl groups is 15. The van der Waals surface area contributed by atoms with Crippen molar-refractivity contribution >= 4 is 23.6 Å². The van der Waals surface area contributed by atoms with Gasteiger partial charge in [-0.05, 0) is 6.92 Å². The predicted octanol–water partition coefficient (Wildman–Crippen LogP) is -12.5. The lowest BCUT2D eigenvalue weighted by atomic mass is 9.93. The van der Waals surface area contributed by atoms with Crippen LogP contribution in [0.2, 0.25) is 0 Å². The Labute approximate surface area is 450 Å². The normalized spacial score (nSPS) is 46.7. The SMILES string of the molecule is CC(=O)NC1C(C)OC(CO[C@@H]2OC(CO)[C@H](O[C@@H]3OC(CO)[C@H](O)[C@H](O[C@@H]4OC(CO)[C@H](O[C@@H]5OC(CO)[C@H](O)[C@H](O[C@@H]6OC(CO)[C@H](O)[C@H](O)C6NC(C)=O)C5O)[C@H](O)C4NC(C)=O)C3O)[C@H](O)C2NC(C)=O)[C@H](O)[C@@H]1O. The zero-order chi connectivity index (χ0) is 58.5. The second-order valence-electron chi connectivity index (χ2n) is 20.1. The van der Waals surface area contributed by atoms with Crippen molar-refractivity contribution in [2.24, 2.45) is 0 Å². The van der Waals surface area contributed by atoms with Crippen LogP contribution in [0.15, 0.2) is 0 Å². The van der Waals surface area contributed by atoms with E-state index in [1.54, 1.807) is 0 Å². The van der Waals surface area contributed by atoms with Crippen LogP contribution in [0, 0.1) is 0 Å². The molecule has 19 N–H and O–H groups in total. The lowest BCUT2D eigenvalue weighted by Crippen LogP contribution is -2.70. The smallest absolute Gasteiger partial charge is 0.217 e. The predicted molar refractivity (Wildman–Crippen MR) is 249 cm³/mol. The minimum atomic E-state index is -2.18. The van der Waals surface area contributed by atoms with Crippen LogP contribution >= 0.6 is 0 Å². The van der Waals surface area contributed by atoms with E-state index in [9.17, 15) is 95.8 Å². The Balaban J connectivity index is 1.19. The fourth-order valence-electron chi connectivity index (χ4n) is 10.3. The highest BCUT2D eigenvalue weighted by Crippen LogP contribution is 2.36. The molecule has 0 aromatic heterocycles. The van der Waals surface area contributed by atoms with Gasteiger partial charge in [0, 0.05) is 27.7 Å². The molecule has 456 valence electrons. The summed E-state index contributed by atoms with van der Waals surface area (Å²) < 4.78 is 64.1. The molecule has 13 unspecified atom stereocenters. The highest BCUT2D eigenvalue weighted by molar-refractivity contribution is 5.74. The van der Waals surface area contributed by atoms with E-state index in [1.807, 2.05) is 0 Å². The van der Waals surface area contributed by atoms with Crippen molar-refractivity contribution < 1.29 is 148 Å². The molecule has 0 radical (unpaired) electrons. The second-order valence-corrected chi connectivity index (χ2v) is 20.1. The summed E-state index contributed by atoms with van der Waals surface area (Å²) in [5.41, 5.74) is 0. The molecule has 6 aliphatic rings. The molecule has 30 atom stereocenters. The van der Waals surface area contributed by atoms with Gasteiger partial charge in [-0.1, -0.05) is 0 Å². The van der Waals surface area contributed by atoms with Gasteiger partial charge in [-0.3, -0.25) is 19.2 Å². The summed E-state index contributed by atoms with van der Waals surface area (Å²) >= 11 is 0. The molecule has 79 heavy (non-hydrogen) atoms. The molecule has 0 spiro atoms. The largest absolute Gasteiger partial charge is 0.394 e. The molecular weight excluding hydrogens is 1080 g/mol. The van der Waals surface area contributed by atoms with E-state index >= 15 is 0 Å². The van der Waals surface area contributed by atoms with Crippen LogP contribution in [-0.2, 0) is 71.3 Å². The number of amides is 4. The Bertz CT molecular complexity index is 1990. The first-order valence-corrected chi connectivity index (χ1v) is 25.4. The van der Waals surface area contributed by atoms with Crippen LogP contribution in [0.5, 0.6) is 0 Å². The maximum Gasteiger partial charge on any atom is 0.217 e. The number of hydrogen-bond donors (Lipinski definition) is 19. The average molecular weight is 1150 g/mol. The van der Waals surface area contributed by atoms with Gasteiger partial charge in [0.1, 0.15) is 140 Å². The molecule has 6 fully saturated rings. The van der Waals surface area contributed by atoms with Crippen molar-refractivity contribution in [3.05, 3.63) is 0 Å². The molecule has 0 aromatic rings. The molecule has 6 aliphatic heterocycles. The fourth-order valence-corrected chi connectivity index (χ4v) is 10.3. The van der Waals surface area contributed by atoms with E-state index in [2.05, 4.69) is 21.3 Å². The van der Waals surface area contributed by atoms with E-state index in [4.69, 9.17) is 52.1 Å². The van der Waals surface area contributed by atoms with Crippen molar-refractivity contribution in [1.82, 2.24) is 21.3 Å². The number of hydrogen-bond acceptors (Lipinski definition) is 30. The molecular formula is C45H76N4O30. The van der Waals surface area contributed by atoms with Crippen molar-refractivity contribution in [1.29, 1.82) is 0 Å². The first-order valence-electron chi connectivity index (χ1n) is 25.4. The summed E-state index contributed by atoms with van der Waals surface area (Å²) in [4.78, 5) is 48.9. The van der Waals surface area contributed by atoms with Crippen LogP contribution in [0.4, 0.5) is 0 Å². The van der Waals surface area contributed by atoms with Crippen LogP contribution in [0.25, 0.3) is 0 Å². The molecule has 6 heterocycles. The minimum Gasteiger partial charge on any atom is -0.394 e. The molecule has 34 heteroatoms. The van der Waals surface area contributed by atoms with Crippen LogP contribution in [0.1, 0.15) is 34.6 Å². The number of ether oxygens (including phenoxy) is 11. The van der Waals surface area contributed by atoms with Crippen molar-refractivity contribution in [3.8, 4) is 0 Å². The van der Waals surface area contributed by atoms with E-state index in [0.29, 0.717) is 0 Å². The fraction of sp³-hybridized carbons (Fsp3) is 0.911. The van der Waals surface area contributed by atoms with Crippen molar-refractivity contribution in [3.63, 3.8) is 0 Å². The highest BCUT2D eigenvalue weighted by atomic mass is 16.8. The molecule has 4 amide bonds. The van der Waals surface area contributed by atoms with Crippen molar-refractivity contribution in [2.45, 2.75) is 218 Å². The first kappa shape index (κ1) is 65.0. The van der Waals surface area contributed by atoms with Gasteiger partial charge in [0.15, 0.2) is 31.5 Å². The molecule has 34 nitrogen and oxygen atoms in total. The molecule has 6 saturated heterocycles. The van der Waals surface area contributed by atoms with Gasteiger partial charge in [0.2, 0.25) is 23.6 Å². The Kier molecular flexibility index (Phi) is 23.4. The quantitative estimate of drug-likeness (QED) is 0.0538. The zero-order valence-electron chi connectivity index (χ0n) is 43.4. The summed E-state index contributed by atoms with van der Waals surface area (Å²) in [5.74, 6) is -2.83. The third-order valence-corrected chi connectivity index (χ3v) is 14.3. The van der Waals surface area contributed by atoms with Gasteiger partial charge in [-0.25, -0.2) is 0 Å². The second kappa shape index (κ2) is 28.4. The van der Waals surface area contributed by atoms with Gasteiger partial charge in [-0.2, -0.15) is 0 Å². The number of carbonyl (C=O) groups is 4. The lowest BCUT2D eigenvalue weighted by Gasteiger charge is -2.50. The van der Waals surface area contributed by atoms with E-state index < -0.39 is 247 Å². The first-order chi connectivity index (χ1) is 37.3. The minimum absolute atomic E-state index is 0.501. The van der Waals surface area contributed by atoms with Gasteiger partial charge in [0.25, 0.3) is 0 Å². The summed E-state index contributed by atoms with van der Waals surface area (Å²) in [7, 11) is 0. The number of nitrogens with one attached hydrogen (secondary N) is 4. The standard InChI is InChI=1S/C45H76N4O30/c1-12-23(46-13(2)55)31(63)28(60)22(70-12)11-69-41-25(48-15(4)57)33(65)37(20(9-53)74-41)76-44-36(68)40(30(62)19(8-52)72-44)79-43-26(49-16(5)58)34(66)38(21(10-54)75-43)77-45-35(67)39(29(61)18(7-51)73-45)78-42-24(47-14(3)56)32(64)27(59)17(6-50)71-42/h12,17-45,50-54,59-68H,6-11H2,1-5H3,(H,46,55)(H,47,56)(H,48,57)(H,49,58)/t12?,17?,18?,19?,20?,21?,22?,23?,24?,25?,26?,27-,28-,29-,30-,31+,32+,33+,34+,35?,36?,37-,38-,39-,40-,41+,42-,43-,44-,45-/m0/s1. The maximum atomic E-state index is 12.7. The Hall–Kier alpha value is -3.16. The number of aliphatic hydroxyl groups excluding tert-OH is 15. The molecule has 0 aromatic carbocycles. The monoisotopic (exact) mass is 1150 g/mol. The number of carbonyl (C=O) groups excluding carboxylic acids is 4. The van der Waals surface area contributed by atoms with Gasteiger partial charge in [-0.15, -0.1) is 0 Å². The third-order valence-electron chi connectivity index (χ3n) is 14.3.